The molecule has 0 saturated heterocycles. The van der Waals surface area contributed by atoms with Gasteiger partial charge in [-0.05, 0) is 6.54 Å². The summed E-state index contributed by atoms with van der Waals surface area (Å²) in [6.45, 7) is -0.343. The number of nitrogens with two attached hydrogens (primary N) is 1. The summed E-state index contributed by atoms with van der Waals surface area (Å²) < 4.78 is 41.3. The second-order valence-electron chi connectivity index (χ2n) is 3.31. The van der Waals surface area contributed by atoms with Crippen molar-refractivity contribution in [3.63, 3.8) is 0 Å². The van der Waals surface area contributed by atoms with Gasteiger partial charge < -0.3 is 15.0 Å². The number of nitrogens with zero attached hydrogens (tertiary/aromatic N) is 2. The van der Waals surface area contributed by atoms with Crippen LogP contribution in [-0.2, 0) is 17.7 Å². The number of imidazole rings is 1. The largest absolute Gasteiger partial charge is 0.411 e. The van der Waals surface area contributed by atoms with Crippen LogP contribution in [0, 0.1) is 0 Å². The number of hydrogen-bond donors (Lipinski definition) is 1. The van der Waals surface area contributed by atoms with Gasteiger partial charge in [0.25, 0.3) is 0 Å². The summed E-state index contributed by atoms with van der Waals surface area (Å²) in [7, 11) is 0. The summed E-state index contributed by atoms with van der Waals surface area (Å²) in [6, 6.07) is 0. The molecule has 0 aliphatic rings. The fourth-order valence-corrected chi connectivity index (χ4v) is 1.16. The third-order valence-corrected chi connectivity index (χ3v) is 1.85. The molecule has 1 rings (SSSR count). The number of hydrogen-bond acceptors (Lipinski definition) is 3. The van der Waals surface area contributed by atoms with Gasteiger partial charge in [0, 0.05) is 19.2 Å². The van der Waals surface area contributed by atoms with Gasteiger partial charge in [-0.15, -0.1) is 0 Å². The van der Waals surface area contributed by atoms with Gasteiger partial charge in [0.05, 0.1) is 18.6 Å². The summed E-state index contributed by atoms with van der Waals surface area (Å²) >= 11 is 0. The van der Waals surface area contributed by atoms with Gasteiger partial charge in [-0.2, -0.15) is 13.2 Å². The lowest BCUT2D eigenvalue weighted by molar-refractivity contribution is -0.174. The van der Waals surface area contributed by atoms with Crippen LogP contribution in [0.5, 0.6) is 0 Å². The second-order valence-corrected chi connectivity index (χ2v) is 3.31. The predicted octanol–water partition coefficient (Wildman–Crippen LogP) is 0.963. The van der Waals surface area contributed by atoms with Crippen molar-refractivity contribution in [3.05, 3.63) is 18.2 Å². The van der Waals surface area contributed by atoms with Crippen LogP contribution >= 0.6 is 0 Å². The molecule has 0 aliphatic heterocycles. The molecule has 0 radical (unpaired) electrons. The average molecular weight is 237 g/mol. The minimum Gasteiger partial charge on any atom is -0.370 e. The molecule has 0 spiro atoms. The molecular weight excluding hydrogens is 223 g/mol. The van der Waals surface area contributed by atoms with Crippen molar-refractivity contribution in [1.82, 2.24) is 9.55 Å². The quantitative estimate of drug-likeness (QED) is 0.750. The highest BCUT2D eigenvalue weighted by Crippen LogP contribution is 2.14. The van der Waals surface area contributed by atoms with Crippen molar-refractivity contribution in [2.75, 3.05) is 19.8 Å². The zero-order chi connectivity index (χ0) is 12.0. The molecule has 0 saturated carbocycles. The van der Waals surface area contributed by atoms with Gasteiger partial charge in [0.1, 0.15) is 6.61 Å². The highest BCUT2D eigenvalue weighted by Gasteiger charge is 2.27. The minimum absolute atomic E-state index is 0.0118. The maximum absolute atomic E-state index is 11.7. The van der Waals surface area contributed by atoms with Gasteiger partial charge in [0.15, 0.2) is 0 Å². The molecular formula is C9H14F3N3O. The lowest BCUT2D eigenvalue weighted by atomic mass is 10.3. The second kappa shape index (κ2) is 5.86. The van der Waals surface area contributed by atoms with E-state index in [-0.39, 0.29) is 6.61 Å². The Balaban J connectivity index is 2.21. The van der Waals surface area contributed by atoms with E-state index in [0.29, 0.717) is 19.5 Å². The lowest BCUT2D eigenvalue weighted by Crippen LogP contribution is -2.18. The smallest absolute Gasteiger partial charge is 0.370 e. The van der Waals surface area contributed by atoms with E-state index in [2.05, 4.69) is 9.72 Å². The number of rotatable bonds is 6. The number of aromatic nitrogens is 2. The van der Waals surface area contributed by atoms with E-state index < -0.39 is 12.8 Å². The van der Waals surface area contributed by atoms with Crippen molar-refractivity contribution in [2.24, 2.45) is 5.73 Å². The molecule has 0 amide bonds. The van der Waals surface area contributed by atoms with Crippen LogP contribution in [0.1, 0.15) is 5.69 Å². The Kier molecular flexibility index (Phi) is 4.75. The Morgan fingerprint density at radius 2 is 2.19 bits per heavy atom. The molecule has 0 atom stereocenters. The highest BCUT2D eigenvalue weighted by atomic mass is 19.4. The van der Waals surface area contributed by atoms with Crippen LogP contribution in [0.25, 0.3) is 0 Å². The number of alkyl halides is 3. The first-order valence-electron chi connectivity index (χ1n) is 4.86. The highest BCUT2D eigenvalue weighted by molar-refractivity contribution is 4.96. The molecule has 7 heteroatoms. The van der Waals surface area contributed by atoms with Crippen molar-refractivity contribution in [2.45, 2.75) is 19.1 Å². The Labute approximate surface area is 91.2 Å². The molecule has 92 valence electrons. The van der Waals surface area contributed by atoms with E-state index in [1.54, 1.807) is 17.1 Å². The first-order chi connectivity index (χ1) is 7.51. The predicted molar refractivity (Wildman–Crippen MR) is 51.9 cm³/mol. The van der Waals surface area contributed by atoms with Gasteiger partial charge in [-0.25, -0.2) is 4.98 Å². The normalized spacial score (nSPS) is 12.0. The first kappa shape index (κ1) is 13.0. The van der Waals surface area contributed by atoms with Crippen LogP contribution in [0.3, 0.4) is 0 Å². The summed E-state index contributed by atoms with van der Waals surface area (Å²) in [6.07, 6.45) is -0.290. The maximum Gasteiger partial charge on any atom is 0.411 e. The molecule has 1 aromatic rings. The maximum atomic E-state index is 11.7. The molecule has 4 nitrogen and oxygen atoms in total. The molecule has 16 heavy (non-hydrogen) atoms. The van der Waals surface area contributed by atoms with E-state index in [0.717, 1.165) is 5.69 Å². The van der Waals surface area contributed by atoms with Crippen molar-refractivity contribution in [3.8, 4) is 0 Å². The molecule has 0 aliphatic carbocycles. The SMILES string of the molecule is NCCc1cn(CCOCC(F)(F)F)cn1. The number of ether oxygens (including phenoxy) is 1. The Bertz CT molecular complexity index is 311. The monoisotopic (exact) mass is 237 g/mol. The van der Waals surface area contributed by atoms with Crippen molar-refractivity contribution >= 4 is 0 Å². The fraction of sp³-hybridized carbons (Fsp3) is 0.667. The van der Waals surface area contributed by atoms with Crippen molar-refractivity contribution in [1.29, 1.82) is 0 Å². The van der Waals surface area contributed by atoms with E-state index in [9.17, 15) is 13.2 Å². The van der Waals surface area contributed by atoms with E-state index in [1.165, 1.54) is 0 Å². The Morgan fingerprint density at radius 1 is 1.44 bits per heavy atom. The zero-order valence-electron chi connectivity index (χ0n) is 8.70. The summed E-state index contributed by atoms with van der Waals surface area (Å²) in [5, 5.41) is 0. The van der Waals surface area contributed by atoms with Crippen LogP contribution in [-0.4, -0.2) is 35.5 Å². The Morgan fingerprint density at radius 3 is 2.81 bits per heavy atom. The molecule has 1 aromatic heterocycles. The van der Waals surface area contributed by atoms with Crippen LogP contribution < -0.4 is 5.73 Å². The molecule has 0 bridgehead atoms. The van der Waals surface area contributed by atoms with Crippen LogP contribution in [0.2, 0.25) is 0 Å². The van der Waals surface area contributed by atoms with Gasteiger partial charge >= 0.3 is 6.18 Å². The lowest BCUT2D eigenvalue weighted by Gasteiger charge is -2.07. The number of halogens is 3. The molecule has 0 fully saturated rings. The van der Waals surface area contributed by atoms with Crippen LogP contribution in [0.15, 0.2) is 12.5 Å². The third kappa shape index (κ3) is 5.13. The van der Waals surface area contributed by atoms with E-state index >= 15 is 0 Å². The molecule has 0 unspecified atom stereocenters. The molecule has 0 aromatic carbocycles. The topological polar surface area (TPSA) is 53.1 Å². The summed E-state index contributed by atoms with van der Waals surface area (Å²) in [4.78, 5) is 4.04. The standard InChI is InChI=1S/C9H14F3N3O/c10-9(11,12)6-16-4-3-15-5-8(1-2-13)14-7-15/h5,7H,1-4,6,13H2. The van der Waals surface area contributed by atoms with E-state index in [1.807, 2.05) is 0 Å². The zero-order valence-corrected chi connectivity index (χ0v) is 8.70. The fourth-order valence-electron chi connectivity index (χ4n) is 1.16. The summed E-state index contributed by atoms with van der Waals surface area (Å²) in [5.74, 6) is 0. The average Bonchev–Trinajstić information content (AvgIpc) is 2.60. The van der Waals surface area contributed by atoms with Gasteiger partial charge in [0.2, 0.25) is 0 Å². The minimum atomic E-state index is -4.26. The first-order valence-corrected chi connectivity index (χ1v) is 4.86. The van der Waals surface area contributed by atoms with E-state index in [4.69, 9.17) is 5.73 Å². The third-order valence-electron chi connectivity index (χ3n) is 1.85. The molecule has 1 heterocycles. The van der Waals surface area contributed by atoms with Gasteiger partial charge in [-0.3, -0.25) is 0 Å². The van der Waals surface area contributed by atoms with Crippen molar-refractivity contribution < 1.29 is 17.9 Å². The van der Waals surface area contributed by atoms with Crippen LogP contribution in [0.4, 0.5) is 13.2 Å². The Hall–Kier alpha value is -1.08. The molecule has 2 N–H and O–H groups in total. The van der Waals surface area contributed by atoms with Gasteiger partial charge in [-0.1, -0.05) is 0 Å². The summed E-state index contributed by atoms with van der Waals surface area (Å²) in [5.41, 5.74) is 6.17.